The van der Waals surface area contributed by atoms with Crippen molar-refractivity contribution in [2.24, 2.45) is 0 Å². The minimum absolute atomic E-state index is 0.0199. The minimum Gasteiger partial charge on any atom is -0.278 e. The molecule has 0 aliphatic rings. The zero-order valence-electron chi connectivity index (χ0n) is 15.8. The lowest BCUT2D eigenvalue weighted by atomic mass is 10.2. The third-order valence-electron chi connectivity index (χ3n) is 3.96. The number of rotatable bonds is 7. The summed E-state index contributed by atoms with van der Waals surface area (Å²) in [4.78, 5) is -0.420. The van der Waals surface area contributed by atoms with Crippen LogP contribution in [-0.4, -0.2) is 16.8 Å². The average Bonchev–Trinajstić information content (AvgIpc) is 2.71. The molecule has 3 rings (SSSR count). The lowest BCUT2D eigenvalue weighted by Gasteiger charge is -2.15. The summed E-state index contributed by atoms with van der Waals surface area (Å²) < 4.78 is 69.2. The van der Waals surface area contributed by atoms with Crippen LogP contribution < -0.4 is 8.85 Å². The van der Waals surface area contributed by atoms with Gasteiger partial charge in [0.1, 0.15) is 10.7 Å². The van der Waals surface area contributed by atoms with Gasteiger partial charge in [0.15, 0.2) is 0 Å². The number of hydrogen-bond acceptors (Lipinski definition) is 5. The molecular weight excluding hydrogens is 506 g/mol. The van der Waals surface area contributed by atoms with E-state index >= 15 is 0 Å². The van der Waals surface area contributed by atoms with Gasteiger partial charge in [-0.25, -0.2) is 21.2 Å². The van der Waals surface area contributed by atoms with Crippen LogP contribution in [0.1, 0.15) is 5.56 Å². The fourth-order valence-corrected chi connectivity index (χ4v) is 6.24. The highest BCUT2D eigenvalue weighted by molar-refractivity contribution is 8.09. The number of benzene rings is 3. The van der Waals surface area contributed by atoms with Crippen molar-refractivity contribution < 1.29 is 21.2 Å². The van der Waals surface area contributed by atoms with Gasteiger partial charge in [-0.3, -0.25) is 4.72 Å². The second kappa shape index (κ2) is 9.35. The van der Waals surface area contributed by atoms with Crippen molar-refractivity contribution in [2.45, 2.75) is 21.6 Å². The quantitative estimate of drug-likeness (QED) is 0.416. The van der Waals surface area contributed by atoms with Crippen molar-refractivity contribution >= 4 is 60.9 Å². The molecule has 164 valence electrons. The molecule has 0 heterocycles. The number of sulfonamides is 2. The molecule has 0 spiro atoms. The van der Waals surface area contributed by atoms with Crippen LogP contribution in [0.4, 0.5) is 10.1 Å². The van der Waals surface area contributed by atoms with Gasteiger partial charge in [-0.2, -0.15) is 0 Å². The SMILES string of the molecule is Cc1ccc(F)c(S(=O)(=O)Nc2cc(Cl)c(Cl)cc2SNS(=O)(=O)c2ccccc2)c1. The molecule has 0 unspecified atom stereocenters. The number of hydrogen-bond donors (Lipinski definition) is 2. The van der Waals surface area contributed by atoms with Gasteiger partial charge in [0.2, 0.25) is 10.0 Å². The molecule has 0 aliphatic heterocycles. The Kier molecular flexibility index (Phi) is 7.19. The Morgan fingerprint density at radius 1 is 0.871 bits per heavy atom. The number of halogens is 3. The van der Waals surface area contributed by atoms with E-state index in [1.807, 2.05) is 0 Å². The smallest absolute Gasteiger partial charge is 0.264 e. The molecule has 0 radical (unpaired) electrons. The first kappa shape index (κ1) is 23.8. The van der Waals surface area contributed by atoms with E-state index in [1.165, 1.54) is 36.4 Å². The second-order valence-electron chi connectivity index (χ2n) is 6.30. The largest absolute Gasteiger partial charge is 0.278 e. The number of aryl methyl sites for hydroxylation is 1. The number of anilines is 1. The van der Waals surface area contributed by atoms with Gasteiger partial charge in [0, 0.05) is 4.90 Å². The van der Waals surface area contributed by atoms with Gasteiger partial charge < -0.3 is 0 Å². The lowest BCUT2D eigenvalue weighted by molar-refractivity contribution is 0.569. The van der Waals surface area contributed by atoms with E-state index in [2.05, 4.69) is 8.85 Å². The summed E-state index contributed by atoms with van der Waals surface area (Å²) in [5, 5.41) is 0.104. The van der Waals surface area contributed by atoms with E-state index in [1.54, 1.807) is 25.1 Å². The van der Waals surface area contributed by atoms with Crippen molar-refractivity contribution in [1.82, 2.24) is 4.13 Å². The predicted octanol–water partition coefficient (Wildman–Crippen LogP) is 5.23. The third-order valence-corrected chi connectivity index (χ3v) is 8.72. The van der Waals surface area contributed by atoms with Crippen molar-refractivity contribution in [3.8, 4) is 0 Å². The zero-order valence-corrected chi connectivity index (χ0v) is 19.7. The number of nitrogens with one attached hydrogen (secondary N) is 2. The van der Waals surface area contributed by atoms with Crippen LogP contribution >= 0.6 is 35.1 Å². The maximum Gasteiger partial charge on any atom is 0.264 e. The Morgan fingerprint density at radius 3 is 2.19 bits per heavy atom. The standard InChI is InChI=1S/C19H15Cl2FN2O4S3/c1-12-7-8-16(22)19(9-12)31(27,28)23-17-10-14(20)15(21)11-18(17)29-24-30(25,26)13-5-3-2-4-6-13/h2-11,23-24H,1H3. The van der Waals surface area contributed by atoms with Gasteiger partial charge >= 0.3 is 0 Å². The molecule has 0 saturated heterocycles. The molecule has 0 aliphatic carbocycles. The molecule has 0 atom stereocenters. The van der Waals surface area contributed by atoms with Crippen LogP contribution in [0.25, 0.3) is 0 Å². The summed E-state index contributed by atoms with van der Waals surface area (Å²) in [7, 11) is -8.25. The molecular formula is C19H15Cl2FN2O4S3. The van der Waals surface area contributed by atoms with Crippen molar-refractivity contribution in [3.63, 3.8) is 0 Å². The van der Waals surface area contributed by atoms with Crippen LogP contribution in [0, 0.1) is 12.7 Å². The summed E-state index contributed by atoms with van der Waals surface area (Å²) in [6.07, 6.45) is 0. The van der Waals surface area contributed by atoms with Crippen molar-refractivity contribution in [1.29, 1.82) is 0 Å². The molecule has 3 aromatic carbocycles. The summed E-state index contributed by atoms with van der Waals surface area (Å²) >= 11 is 12.7. The molecule has 3 aromatic rings. The first-order chi connectivity index (χ1) is 14.5. The van der Waals surface area contributed by atoms with Gasteiger partial charge in [-0.1, -0.05) is 47.5 Å². The average molecular weight is 521 g/mol. The Balaban J connectivity index is 1.95. The van der Waals surface area contributed by atoms with Gasteiger partial charge in [0.25, 0.3) is 10.0 Å². The maximum atomic E-state index is 14.1. The maximum absolute atomic E-state index is 14.1. The Morgan fingerprint density at radius 2 is 1.52 bits per heavy atom. The molecule has 0 amide bonds. The summed E-state index contributed by atoms with van der Waals surface area (Å²) in [6.45, 7) is 1.62. The van der Waals surface area contributed by atoms with Crippen LogP contribution in [0.3, 0.4) is 0 Å². The highest BCUT2D eigenvalue weighted by Gasteiger charge is 2.23. The highest BCUT2D eigenvalue weighted by atomic mass is 35.5. The Labute approximate surface area is 194 Å². The fraction of sp³-hybridized carbons (Fsp3) is 0.0526. The van der Waals surface area contributed by atoms with E-state index in [0.29, 0.717) is 17.5 Å². The van der Waals surface area contributed by atoms with Crippen LogP contribution in [-0.2, 0) is 20.0 Å². The summed E-state index contributed by atoms with van der Waals surface area (Å²) in [6, 6.07) is 13.8. The molecule has 0 aromatic heterocycles. The molecule has 31 heavy (non-hydrogen) atoms. The molecule has 12 heteroatoms. The van der Waals surface area contributed by atoms with Crippen LogP contribution in [0.15, 0.2) is 75.4 Å². The molecule has 0 saturated carbocycles. The molecule has 0 bridgehead atoms. The van der Waals surface area contributed by atoms with E-state index in [0.717, 1.165) is 6.07 Å². The topological polar surface area (TPSA) is 92.3 Å². The summed E-state index contributed by atoms with van der Waals surface area (Å²) in [5.74, 6) is -0.933. The minimum atomic E-state index is -4.34. The second-order valence-corrected chi connectivity index (χ2v) is 11.6. The fourth-order valence-electron chi connectivity index (χ4n) is 2.46. The predicted molar refractivity (Wildman–Crippen MR) is 121 cm³/mol. The Bertz CT molecular complexity index is 1340. The first-order valence-corrected chi connectivity index (χ1v) is 13.1. The van der Waals surface area contributed by atoms with Crippen molar-refractivity contribution in [2.75, 3.05) is 4.72 Å². The summed E-state index contributed by atoms with van der Waals surface area (Å²) in [5.41, 5.74) is 0.470. The normalized spacial score (nSPS) is 12.0. The third kappa shape index (κ3) is 5.71. The van der Waals surface area contributed by atoms with E-state index in [4.69, 9.17) is 23.2 Å². The zero-order chi connectivity index (χ0) is 22.8. The first-order valence-electron chi connectivity index (χ1n) is 8.51. The van der Waals surface area contributed by atoms with Gasteiger partial charge in [-0.05, 0) is 60.8 Å². The highest BCUT2D eigenvalue weighted by Crippen LogP contribution is 2.36. The van der Waals surface area contributed by atoms with Crippen LogP contribution in [0.5, 0.6) is 0 Å². The van der Waals surface area contributed by atoms with Crippen LogP contribution in [0.2, 0.25) is 10.0 Å². The van der Waals surface area contributed by atoms with Gasteiger partial charge in [-0.15, -0.1) is 4.13 Å². The Hall–Kier alpha value is -1.82. The van der Waals surface area contributed by atoms with Gasteiger partial charge in [0.05, 0.1) is 20.6 Å². The molecule has 2 N–H and O–H groups in total. The monoisotopic (exact) mass is 520 g/mol. The molecule has 0 fully saturated rings. The lowest BCUT2D eigenvalue weighted by Crippen LogP contribution is -2.18. The van der Waals surface area contributed by atoms with E-state index in [-0.39, 0.29) is 25.5 Å². The van der Waals surface area contributed by atoms with E-state index < -0.39 is 30.8 Å². The van der Waals surface area contributed by atoms with Crippen molar-refractivity contribution in [3.05, 3.63) is 82.1 Å². The molecule has 6 nitrogen and oxygen atoms in total. The van der Waals surface area contributed by atoms with E-state index in [9.17, 15) is 21.2 Å².